The average molecular weight is 466 g/mol. The van der Waals surface area contributed by atoms with Gasteiger partial charge >= 0.3 is 6.09 Å². The lowest BCUT2D eigenvalue weighted by Crippen LogP contribution is -2.39. The molecule has 0 aliphatic carbocycles. The molecule has 1 unspecified atom stereocenters. The standard InChI is InChI=1S/C23H27N7O4/c1-2-5-30(34-13-18-12-33-23(32)28-18)22(31)16-6-15-4-3-14(7-19(15)29-20(25)8-16)17-10-26-21(9-24)27-11-17/h3-4,6-7,10-11,18H,2,5,8-9,12-13,24H2,1H3,(H2,25,29)(H,28,32). The summed E-state index contributed by atoms with van der Waals surface area (Å²) in [4.78, 5) is 43.2. The van der Waals surface area contributed by atoms with Gasteiger partial charge in [0.15, 0.2) is 0 Å². The van der Waals surface area contributed by atoms with E-state index < -0.39 is 6.09 Å². The van der Waals surface area contributed by atoms with Crippen molar-refractivity contribution in [2.45, 2.75) is 32.4 Å². The number of hydrogen-bond acceptors (Lipinski definition) is 9. The predicted molar refractivity (Wildman–Crippen MR) is 125 cm³/mol. The van der Waals surface area contributed by atoms with Gasteiger partial charge in [-0.3, -0.25) is 9.63 Å². The number of nitrogens with zero attached hydrogens (tertiary/aromatic N) is 4. The van der Waals surface area contributed by atoms with Crippen LogP contribution in [-0.2, 0) is 20.9 Å². The van der Waals surface area contributed by atoms with Gasteiger partial charge in [-0.25, -0.2) is 24.8 Å². The highest BCUT2D eigenvalue weighted by molar-refractivity contribution is 6.05. The molecule has 0 bridgehead atoms. The van der Waals surface area contributed by atoms with Crippen LogP contribution in [0.2, 0.25) is 0 Å². The van der Waals surface area contributed by atoms with Gasteiger partial charge in [0.1, 0.15) is 18.3 Å². The molecule has 11 heteroatoms. The second-order valence-electron chi connectivity index (χ2n) is 7.96. The fourth-order valence-corrected chi connectivity index (χ4v) is 3.60. The lowest BCUT2D eigenvalue weighted by molar-refractivity contribution is -0.184. The molecule has 2 aliphatic rings. The normalized spacial score (nSPS) is 17.1. The van der Waals surface area contributed by atoms with E-state index in [1.807, 2.05) is 25.1 Å². The third-order valence-electron chi connectivity index (χ3n) is 5.31. The maximum atomic E-state index is 13.3. The molecule has 1 fully saturated rings. The Morgan fingerprint density at radius 2 is 2.09 bits per heavy atom. The zero-order chi connectivity index (χ0) is 24.1. The monoisotopic (exact) mass is 465 g/mol. The topological polar surface area (TPSA) is 158 Å². The third-order valence-corrected chi connectivity index (χ3v) is 5.31. The van der Waals surface area contributed by atoms with Crippen LogP contribution in [0, 0.1) is 0 Å². The molecule has 178 valence electrons. The second-order valence-corrected chi connectivity index (χ2v) is 7.96. The average Bonchev–Trinajstić information content (AvgIpc) is 3.18. The third kappa shape index (κ3) is 5.38. The van der Waals surface area contributed by atoms with Gasteiger partial charge in [-0.05, 0) is 24.1 Å². The number of rotatable bonds is 8. The Balaban J connectivity index is 1.55. The number of cyclic esters (lactones) is 1. The zero-order valence-corrected chi connectivity index (χ0v) is 18.9. The van der Waals surface area contributed by atoms with Crippen molar-refractivity contribution in [1.82, 2.24) is 20.3 Å². The van der Waals surface area contributed by atoms with Gasteiger partial charge < -0.3 is 21.5 Å². The molecule has 1 saturated heterocycles. The Bertz CT molecular complexity index is 1130. The summed E-state index contributed by atoms with van der Waals surface area (Å²) < 4.78 is 4.87. The van der Waals surface area contributed by atoms with Crippen molar-refractivity contribution in [3.63, 3.8) is 0 Å². The summed E-state index contributed by atoms with van der Waals surface area (Å²) in [6.07, 6.45) is 5.60. The Kier molecular flexibility index (Phi) is 7.14. The number of alkyl carbamates (subject to hydrolysis) is 1. The summed E-state index contributed by atoms with van der Waals surface area (Å²) in [7, 11) is 0. The molecule has 1 aromatic heterocycles. The van der Waals surface area contributed by atoms with Crippen molar-refractivity contribution in [1.29, 1.82) is 0 Å². The predicted octanol–water partition coefficient (Wildman–Crippen LogP) is 1.66. The van der Waals surface area contributed by atoms with Crippen molar-refractivity contribution in [2.24, 2.45) is 16.5 Å². The van der Waals surface area contributed by atoms with Crippen LogP contribution in [0.25, 0.3) is 17.2 Å². The molecule has 3 heterocycles. The van der Waals surface area contributed by atoms with Gasteiger partial charge in [-0.15, -0.1) is 0 Å². The van der Waals surface area contributed by atoms with Crippen LogP contribution in [0.5, 0.6) is 0 Å². The molecule has 4 rings (SSSR count). The zero-order valence-electron chi connectivity index (χ0n) is 18.9. The first-order valence-corrected chi connectivity index (χ1v) is 11.0. The van der Waals surface area contributed by atoms with Crippen LogP contribution in [0.15, 0.2) is 41.2 Å². The fraction of sp³-hybridized carbons (Fsp3) is 0.348. The van der Waals surface area contributed by atoms with Crippen molar-refractivity contribution in [3.05, 3.63) is 47.6 Å². The maximum Gasteiger partial charge on any atom is 0.407 e. The first-order chi connectivity index (χ1) is 16.5. The molecular formula is C23H27N7O4. The number of carbonyl (C=O) groups is 2. The highest BCUT2D eigenvalue weighted by Gasteiger charge is 2.26. The van der Waals surface area contributed by atoms with Crippen molar-refractivity contribution in [3.8, 4) is 11.1 Å². The van der Waals surface area contributed by atoms with E-state index >= 15 is 0 Å². The van der Waals surface area contributed by atoms with Gasteiger partial charge in [0.05, 0.1) is 24.9 Å². The van der Waals surface area contributed by atoms with E-state index in [2.05, 4.69) is 20.3 Å². The molecule has 11 nitrogen and oxygen atoms in total. The van der Waals surface area contributed by atoms with E-state index in [0.717, 1.165) is 16.7 Å². The number of aromatic nitrogens is 2. The molecule has 0 saturated carbocycles. The Morgan fingerprint density at radius 1 is 1.29 bits per heavy atom. The first kappa shape index (κ1) is 23.3. The first-order valence-electron chi connectivity index (χ1n) is 11.0. The number of fused-ring (bicyclic) bond motifs is 1. The minimum Gasteiger partial charge on any atom is -0.447 e. The smallest absolute Gasteiger partial charge is 0.407 e. The minimum atomic E-state index is -0.490. The minimum absolute atomic E-state index is 0.124. The molecule has 1 atom stereocenters. The number of ether oxygens (including phenoxy) is 1. The van der Waals surface area contributed by atoms with E-state index in [0.29, 0.717) is 35.9 Å². The largest absolute Gasteiger partial charge is 0.447 e. The van der Waals surface area contributed by atoms with Gasteiger partial charge in [-0.2, -0.15) is 0 Å². The van der Waals surface area contributed by atoms with E-state index in [-0.39, 0.29) is 38.1 Å². The van der Waals surface area contributed by atoms with E-state index in [4.69, 9.17) is 21.0 Å². The summed E-state index contributed by atoms with van der Waals surface area (Å²) in [6, 6.07) is 5.37. The van der Waals surface area contributed by atoms with E-state index in [1.54, 1.807) is 18.5 Å². The van der Waals surface area contributed by atoms with Crippen LogP contribution in [0.4, 0.5) is 10.5 Å². The highest BCUT2D eigenvalue weighted by atomic mass is 16.7. The Morgan fingerprint density at radius 3 is 2.76 bits per heavy atom. The number of amides is 2. The van der Waals surface area contributed by atoms with Gasteiger partial charge in [0.2, 0.25) is 0 Å². The van der Waals surface area contributed by atoms with Gasteiger partial charge in [0, 0.05) is 42.1 Å². The summed E-state index contributed by atoms with van der Waals surface area (Å²) in [6.45, 7) is 2.93. The highest BCUT2D eigenvalue weighted by Crippen LogP contribution is 2.31. The number of benzene rings is 1. The second kappa shape index (κ2) is 10.4. The molecular weight excluding hydrogens is 438 g/mol. The summed E-state index contributed by atoms with van der Waals surface area (Å²) in [5, 5.41) is 3.94. The molecule has 1 aromatic carbocycles. The maximum absolute atomic E-state index is 13.3. The van der Waals surface area contributed by atoms with Crippen molar-refractivity contribution in [2.75, 3.05) is 19.8 Å². The van der Waals surface area contributed by atoms with E-state index in [9.17, 15) is 9.59 Å². The molecule has 5 N–H and O–H groups in total. The molecule has 0 radical (unpaired) electrons. The summed E-state index contributed by atoms with van der Waals surface area (Å²) in [5.41, 5.74) is 15.3. The lowest BCUT2D eigenvalue weighted by atomic mass is 10.0. The van der Waals surface area contributed by atoms with Crippen molar-refractivity contribution >= 4 is 29.6 Å². The van der Waals surface area contributed by atoms with Gasteiger partial charge in [0.25, 0.3) is 5.91 Å². The number of carbonyl (C=O) groups excluding carboxylic acids is 2. The summed E-state index contributed by atoms with van der Waals surface area (Å²) in [5.74, 6) is 0.583. The van der Waals surface area contributed by atoms with E-state index in [1.165, 1.54) is 5.06 Å². The van der Waals surface area contributed by atoms with Crippen LogP contribution < -0.4 is 16.8 Å². The van der Waals surface area contributed by atoms with Crippen molar-refractivity contribution < 1.29 is 19.2 Å². The fourth-order valence-electron chi connectivity index (χ4n) is 3.60. The van der Waals surface area contributed by atoms with Crippen LogP contribution in [-0.4, -0.2) is 58.7 Å². The Labute approximate surface area is 196 Å². The number of nitrogens with two attached hydrogens (primary N) is 2. The quantitative estimate of drug-likeness (QED) is 0.497. The summed E-state index contributed by atoms with van der Waals surface area (Å²) >= 11 is 0. The lowest BCUT2D eigenvalue weighted by Gasteiger charge is -2.23. The number of aliphatic imine (C=N–C) groups is 1. The number of amidine groups is 1. The van der Waals surface area contributed by atoms with Gasteiger partial charge in [-0.1, -0.05) is 19.1 Å². The molecule has 2 aromatic rings. The number of hydrogen-bond donors (Lipinski definition) is 3. The SMILES string of the molecule is CCCN(OCC1COC(=O)N1)C(=O)C1=Cc2ccc(-c3cnc(CN)nc3)cc2N=C(N)C1. The Hall–Kier alpha value is -3.83. The molecule has 0 spiro atoms. The molecule has 2 amide bonds. The molecule has 2 aliphatic heterocycles. The van der Waals surface area contributed by atoms with Crippen LogP contribution >= 0.6 is 0 Å². The van der Waals surface area contributed by atoms with Crippen LogP contribution in [0.1, 0.15) is 31.2 Å². The number of hydroxylamine groups is 2. The number of nitrogens with one attached hydrogen (secondary N) is 1. The molecule has 34 heavy (non-hydrogen) atoms. The van der Waals surface area contributed by atoms with Crippen LogP contribution in [0.3, 0.4) is 0 Å².